The van der Waals surface area contributed by atoms with Gasteiger partial charge in [0.15, 0.2) is 6.10 Å². The van der Waals surface area contributed by atoms with Crippen LogP contribution in [-0.2, 0) is 28.6 Å². The monoisotopic (exact) mass is 1100 g/mol. The van der Waals surface area contributed by atoms with Crippen molar-refractivity contribution in [3.8, 4) is 0 Å². The van der Waals surface area contributed by atoms with Crippen LogP contribution in [0.15, 0.2) is 72.9 Å². The largest absolute Gasteiger partial charge is 0.462 e. The molecule has 1 atom stereocenters. The first kappa shape index (κ1) is 75.8. The first-order valence-electron chi connectivity index (χ1n) is 34.4. The number of esters is 3. The molecule has 0 saturated carbocycles. The Kier molecular flexibility index (Phi) is 64.7. The first-order valence-corrected chi connectivity index (χ1v) is 34.4. The van der Waals surface area contributed by atoms with Gasteiger partial charge in [-0.25, -0.2) is 0 Å². The Hall–Kier alpha value is -3.15. The van der Waals surface area contributed by atoms with Crippen molar-refractivity contribution >= 4 is 17.9 Å². The Labute approximate surface area is 491 Å². The Bertz CT molecular complexity index is 1450. The Balaban J connectivity index is 4.30. The van der Waals surface area contributed by atoms with Crippen LogP contribution in [0, 0.1) is 0 Å². The summed E-state index contributed by atoms with van der Waals surface area (Å²) in [6.07, 6.45) is 87.7. The summed E-state index contributed by atoms with van der Waals surface area (Å²) >= 11 is 0. The van der Waals surface area contributed by atoms with E-state index in [2.05, 4.69) is 93.7 Å². The molecule has 0 aromatic rings. The number of carbonyl (C=O) groups is 3. The fraction of sp³-hybridized carbons (Fsp3) is 0.795. The zero-order valence-electron chi connectivity index (χ0n) is 52.6. The van der Waals surface area contributed by atoms with Crippen LogP contribution in [-0.4, -0.2) is 37.2 Å². The van der Waals surface area contributed by atoms with E-state index in [-0.39, 0.29) is 31.1 Å². The topological polar surface area (TPSA) is 78.9 Å². The molecule has 0 radical (unpaired) electrons. The van der Waals surface area contributed by atoms with E-state index in [0.29, 0.717) is 19.3 Å². The van der Waals surface area contributed by atoms with Gasteiger partial charge < -0.3 is 14.2 Å². The Morgan fingerprint density at radius 2 is 0.494 bits per heavy atom. The molecule has 1 unspecified atom stereocenters. The minimum absolute atomic E-state index is 0.0761. The third-order valence-corrected chi connectivity index (χ3v) is 15.2. The smallest absolute Gasteiger partial charge is 0.306 e. The van der Waals surface area contributed by atoms with E-state index in [1.807, 2.05) is 0 Å². The molecule has 6 heteroatoms. The number of rotatable bonds is 63. The molecule has 0 spiro atoms. The molecule has 458 valence electrons. The summed E-state index contributed by atoms with van der Waals surface area (Å²) in [5.41, 5.74) is 0. The van der Waals surface area contributed by atoms with Crippen molar-refractivity contribution in [2.75, 3.05) is 13.2 Å². The van der Waals surface area contributed by atoms with Crippen LogP contribution < -0.4 is 0 Å². The van der Waals surface area contributed by atoms with E-state index in [1.54, 1.807) is 0 Å². The second kappa shape index (κ2) is 67.4. The maximum absolute atomic E-state index is 12.9. The predicted octanol–water partition coefficient (Wildman–Crippen LogP) is 23.7. The molecule has 0 aromatic carbocycles. The molecule has 79 heavy (non-hydrogen) atoms. The summed E-state index contributed by atoms with van der Waals surface area (Å²) < 4.78 is 17.0. The molecule has 0 N–H and O–H groups in total. The van der Waals surface area contributed by atoms with Crippen LogP contribution in [0.3, 0.4) is 0 Å². The second-order valence-electron chi connectivity index (χ2n) is 23.1. The van der Waals surface area contributed by atoms with Crippen LogP contribution in [0.2, 0.25) is 0 Å². The number of unbranched alkanes of at least 4 members (excludes halogenated alkanes) is 40. The average Bonchev–Trinajstić information content (AvgIpc) is 3.45. The lowest BCUT2D eigenvalue weighted by Gasteiger charge is -2.18. The normalized spacial score (nSPS) is 12.5. The summed E-state index contributed by atoms with van der Waals surface area (Å²) in [5, 5.41) is 0. The minimum atomic E-state index is -0.781. The molecule has 0 saturated heterocycles. The van der Waals surface area contributed by atoms with E-state index in [4.69, 9.17) is 14.2 Å². The van der Waals surface area contributed by atoms with Crippen molar-refractivity contribution in [3.63, 3.8) is 0 Å². The standard InChI is InChI=1S/C73H130O6/c1-4-7-10-13-16-19-22-25-28-31-32-33-34-35-36-37-38-39-40-43-45-48-51-54-57-60-63-66-72(75)78-69-70(79-73(76)67-64-61-58-55-52-49-46-42-30-27-24-21-18-15-12-9-6-3)68-77-71(74)65-62-59-56-53-50-47-44-41-29-26-23-20-17-14-11-8-5-2/h9,12,18,21-22,25,27,30-32,34-35,70H,4-8,10-11,13-17,19-20,23-24,26,28-29,33,36-69H2,1-3H3/b12-9-,21-18-,25-22-,30-27-,32-31-,35-34-. The average molecular weight is 1100 g/mol. The number of hydrogen-bond acceptors (Lipinski definition) is 6. The van der Waals surface area contributed by atoms with Crippen molar-refractivity contribution in [2.45, 2.75) is 361 Å². The molecule has 0 aliphatic carbocycles. The summed E-state index contributed by atoms with van der Waals surface area (Å²) in [6, 6.07) is 0. The van der Waals surface area contributed by atoms with Gasteiger partial charge in [0.1, 0.15) is 13.2 Å². The van der Waals surface area contributed by atoms with Crippen molar-refractivity contribution < 1.29 is 28.6 Å². The number of hydrogen-bond donors (Lipinski definition) is 0. The van der Waals surface area contributed by atoms with Crippen molar-refractivity contribution in [1.82, 2.24) is 0 Å². The van der Waals surface area contributed by atoms with E-state index >= 15 is 0 Å². The van der Waals surface area contributed by atoms with Gasteiger partial charge in [-0.2, -0.15) is 0 Å². The molecule has 0 aliphatic heterocycles. The van der Waals surface area contributed by atoms with Gasteiger partial charge in [-0.05, 0) is 89.9 Å². The van der Waals surface area contributed by atoms with Crippen LogP contribution in [0.25, 0.3) is 0 Å². The zero-order chi connectivity index (χ0) is 57.1. The number of carbonyl (C=O) groups excluding carboxylic acids is 3. The van der Waals surface area contributed by atoms with E-state index < -0.39 is 6.10 Å². The summed E-state index contributed by atoms with van der Waals surface area (Å²) in [5.74, 6) is -0.867. The Morgan fingerprint density at radius 3 is 0.772 bits per heavy atom. The van der Waals surface area contributed by atoms with Gasteiger partial charge in [0.2, 0.25) is 0 Å². The maximum Gasteiger partial charge on any atom is 0.306 e. The molecular weight excluding hydrogens is 973 g/mol. The predicted molar refractivity (Wildman–Crippen MR) is 344 cm³/mol. The summed E-state index contributed by atoms with van der Waals surface area (Å²) in [7, 11) is 0. The molecule has 0 amide bonds. The second-order valence-corrected chi connectivity index (χ2v) is 23.1. The van der Waals surface area contributed by atoms with Gasteiger partial charge in [0.05, 0.1) is 0 Å². The van der Waals surface area contributed by atoms with Gasteiger partial charge in [0.25, 0.3) is 0 Å². The SMILES string of the molecule is CC/C=C\C/C=C\C/C=C\CCCCCCCCCC(=O)OC(COC(=O)CCCCCCCCCCCCCC/C=C\C/C=C\C/C=C\CCCCCCC)COC(=O)CCCCCCCCCCCCCCCCCCC. The lowest BCUT2D eigenvalue weighted by atomic mass is 10.0. The molecule has 0 bridgehead atoms. The van der Waals surface area contributed by atoms with Gasteiger partial charge in [-0.1, -0.05) is 318 Å². The first-order chi connectivity index (χ1) is 39.0. The highest BCUT2D eigenvalue weighted by atomic mass is 16.6. The van der Waals surface area contributed by atoms with Crippen LogP contribution in [0.4, 0.5) is 0 Å². The third kappa shape index (κ3) is 65.5. The molecule has 0 rings (SSSR count). The van der Waals surface area contributed by atoms with Crippen LogP contribution in [0.1, 0.15) is 355 Å². The van der Waals surface area contributed by atoms with Crippen molar-refractivity contribution in [2.24, 2.45) is 0 Å². The lowest BCUT2D eigenvalue weighted by Crippen LogP contribution is -2.30. The maximum atomic E-state index is 12.9. The van der Waals surface area contributed by atoms with E-state index in [9.17, 15) is 14.4 Å². The highest BCUT2D eigenvalue weighted by molar-refractivity contribution is 5.71. The van der Waals surface area contributed by atoms with Crippen molar-refractivity contribution in [3.05, 3.63) is 72.9 Å². The third-order valence-electron chi connectivity index (χ3n) is 15.2. The van der Waals surface area contributed by atoms with E-state index in [1.165, 1.54) is 218 Å². The van der Waals surface area contributed by atoms with Gasteiger partial charge in [0, 0.05) is 19.3 Å². The summed E-state index contributed by atoms with van der Waals surface area (Å²) in [6.45, 7) is 6.56. The van der Waals surface area contributed by atoms with Crippen LogP contribution >= 0.6 is 0 Å². The minimum Gasteiger partial charge on any atom is -0.462 e. The molecule has 0 heterocycles. The van der Waals surface area contributed by atoms with Gasteiger partial charge in [-0.15, -0.1) is 0 Å². The summed E-state index contributed by atoms with van der Waals surface area (Å²) in [4.78, 5) is 38.4. The Morgan fingerprint density at radius 1 is 0.266 bits per heavy atom. The van der Waals surface area contributed by atoms with Crippen molar-refractivity contribution in [1.29, 1.82) is 0 Å². The quantitative estimate of drug-likeness (QED) is 0.0261. The fourth-order valence-electron chi connectivity index (χ4n) is 10.1. The van der Waals surface area contributed by atoms with Gasteiger partial charge in [-0.3, -0.25) is 14.4 Å². The highest BCUT2D eigenvalue weighted by Crippen LogP contribution is 2.17. The molecule has 6 nitrogen and oxygen atoms in total. The lowest BCUT2D eigenvalue weighted by molar-refractivity contribution is -0.167. The molecule has 0 aromatic heterocycles. The molecule has 0 fully saturated rings. The zero-order valence-corrected chi connectivity index (χ0v) is 52.6. The van der Waals surface area contributed by atoms with Gasteiger partial charge >= 0.3 is 17.9 Å². The van der Waals surface area contributed by atoms with E-state index in [0.717, 1.165) is 96.3 Å². The van der Waals surface area contributed by atoms with Crippen LogP contribution in [0.5, 0.6) is 0 Å². The number of ether oxygens (including phenoxy) is 3. The highest BCUT2D eigenvalue weighted by Gasteiger charge is 2.19. The fourth-order valence-corrected chi connectivity index (χ4v) is 10.1. The number of allylic oxidation sites excluding steroid dienone is 12. The molecular formula is C73H130O6. The molecule has 0 aliphatic rings.